The third kappa shape index (κ3) is 7.21. The van der Waals surface area contributed by atoms with Gasteiger partial charge in [0, 0.05) is 72.5 Å². The van der Waals surface area contributed by atoms with E-state index in [1.165, 1.54) is 27.5 Å². The van der Waals surface area contributed by atoms with Gasteiger partial charge in [-0.15, -0.1) is 11.3 Å². The fourth-order valence-electron chi connectivity index (χ4n) is 4.29. The maximum atomic E-state index is 12.6. The number of amides is 1. The van der Waals surface area contributed by atoms with E-state index in [4.69, 9.17) is 15.3 Å². The van der Waals surface area contributed by atoms with Gasteiger partial charge in [0.25, 0.3) is 0 Å². The molecule has 1 fully saturated rings. The lowest BCUT2D eigenvalue weighted by molar-refractivity contribution is -0.134. The van der Waals surface area contributed by atoms with Crippen molar-refractivity contribution >= 4 is 34.9 Å². The van der Waals surface area contributed by atoms with Crippen LogP contribution in [0.3, 0.4) is 0 Å². The Morgan fingerprint density at radius 2 is 1.82 bits per heavy atom. The number of likely N-dealkylation sites (N-methyl/N-ethyl adjacent to an activating group) is 1. The summed E-state index contributed by atoms with van der Waals surface area (Å²) in [5.74, 6) is -1.99. The minimum absolute atomic E-state index is 0.207. The monoisotopic (exact) mass is 476 g/mol. The van der Waals surface area contributed by atoms with Crippen LogP contribution in [0, 0.1) is 12.8 Å². The highest BCUT2D eigenvalue weighted by molar-refractivity contribution is 7.12. The van der Waals surface area contributed by atoms with Crippen LogP contribution >= 0.6 is 11.3 Å². The van der Waals surface area contributed by atoms with Crippen molar-refractivity contribution in [2.24, 2.45) is 11.0 Å². The van der Waals surface area contributed by atoms with Crippen LogP contribution in [0.25, 0.3) is 0 Å². The molecule has 3 heterocycles. The van der Waals surface area contributed by atoms with Gasteiger partial charge in [-0.2, -0.15) is 5.10 Å². The molecule has 1 atom stereocenters. The first-order chi connectivity index (χ1) is 15.7. The van der Waals surface area contributed by atoms with Crippen molar-refractivity contribution < 1.29 is 24.6 Å². The Hall–Kier alpha value is -2.56. The van der Waals surface area contributed by atoms with Crippen molar-refractivity contribution in [3.63, 3.8) is 0 Å². The zero-order valence-corrected chi connectivity index (χ0v) is 20.0. The van der Waals surface area contributed by atoms with Crippen LogP contribution in [-0.4, -0.2) is 94.9 Å². The molecular formula is C23H32N4O5S. The number of thiophene rings is 1. The Balaban J connectivity index is 0.000000331. The molecule has 0 bridgehead atoms. The fraction of sp³-hybridized carbons (Fsp3) is 0.565. The van der Waals surface area contributed by atoms with Crippen molar-refractivity contribution in [3.8, 4) is 0 Å². The molecule has 1 saturated heterocycles. The summed E-state index contributed by atoms with van der Waals surface area (Å²) in [5.41, 5.74) is 2.50. The number of aryl methyl sites for hydroxylation is 2. The molecule has 1 unspecified atom stereocenters. The molecule has 180 valence electrons. The summed E-state index contributed by atoms with van der Waals surface area (Å²) < 4.78 is 0. The SMILES string of the molecule is Cc1cc2c(s1)CCCC1CC(=O)N(CCN3CCN(C)CC3)N=C21.O=C(O)/C=C/C(=O)O. The Morgan fingerprint density at radius 1 is 1.15 bits per heavy atom. The van der Waals surface area contributed by atoms with Crippen molar-refractivity contribution in [1.82, 2.24) is 14.8 Å². The maximum Gasteiger partial charge on any atom is 0.328 e. The van der Waals surface area contributed by atoms with E-state index in [1.54, 1.807) is 5.01 Å². The summed E-state index contributed by atoms with van der Waals surface area (Å²) in [4.78, 5) is 39.3. The molecule has 33 heavy (non-hydrogen) atoms. The highest BCUT2D eigenvalue weighted by atomic mass is 32.1. The van der Waals surface area contributed by atoms with E-state index in [0.717, 1.165) is 52.1 Å². The predicted molar refractivity (Wildman–Crippen MR) is 127 cm³/mol. The Labute approximate surface area is 198 Å². The third-order valence-electron chi connectivity index (χ3n) is 6.08. The summed E-state index contributed by atoms with van der Waals surface area (Å²) in [6.45, 7) is 8.23. The number of aliphatic carboxylic acids is 2. The number of piperazine rings is 1. The standard InChI is InChI=1S/C19H28N4OS.C4H4O4/c1-14-12-16-17(25-14)5-3-4-15-13-18(24)23(20-19(15)16)11-10-22-8-6-21(2)7-9-22;5-3(6)1-2-4(7)8/h12,15H,3-11,13H2,1-2H3;1-2H,(H,5,6)(H,7,8)/b;2-1+. The van der Waals surface area contributed by atoms with Crippen LogP contribution in [0.5, 0.6) is 0 Å². The lowest BCUT2D eigenvalue weighted by Crippen LogP contribution is -2.48. The lowest BCUT2D eigenvalue weighted by Gasteiger charge is -2.34. The summed E-state index contributed by atoms with van der Waals surface area (Å²) in [6.07, 6.45) is 5.15. The highest BCUT2D eigenvalue weighted by Gasteiger charge is 2.33. The van der Waals surface area contributed by atoms with Crippen LogP contribution < -0.4 is 0 Å². The van der Waals surface area contributed by atoms with Gasteiger partial charge in [0.2, 0.25) is 5.91 Å². The van der Waals surface area contributed by atoms with Crippen LogP contribution in [0.1, 0.15) is 34.6 Å². The Morgan fingerprint density at radius 3 is 2.45 bits per heavy atom. The first kappa shape index (κ1) is 25.1. The number of rotatable bonds is 5. The maximum absolute atomic E-state index is 12.6. The number of carboxylic acids is 2. The van der Waals surface area contributed by atoms with E-state index in [1.807, 2.05) is 11.3 Å². The van der Waals surface area contributed by atoms with Gasteiger partial charge in [-0.3, -0.25) is 9.69 Å². The number of hydrogen-bond acceptors (Lipinski definition) is 7. The molecular weight excluding hydrogens is 444 g/mol. The molecule has 4 rings (SSSR count). The van der Waals surface area contributed by atoms with Gasteiger partial charge in [0.1, 0.15) is 0 Å². The molecule has 3 aliphatic rings. The van der Waals surface area contributed by atoms with E-state index in [-0.39, 0.29) is 5.91 Å². The van der Waals surface area contributed by atoms with E-state index in [0.29, 0.717) is 24.5 Å². The number of hydrazone groups is 1. The largest absolute Gasteiger partial charge is 0.478 e. The molecule has 1 aromatic heterocycles. The number of nitrogens with zero attached hydrogens (tertiary/aromatic N) is 4. The number of carbonyl (C=O) groups excluding carboxylic acids is 1. The minimum Gasteiger partial charge on any atom is -0.478 e. The van der Waals surface area contributed by atoms with E-state index in [2.05, 4.69) is 29.8 Å². The minimum atomic E-state index is -1.26. The van der Waals surface area contributed by atoms with Gasteiger partial charge < -0.3 is 15.1 Å². The first-order valence-electron chi connectivity index (χ1n) is 11.3. The molecule has 1 aromatic rings. The van der Waals surface area contributed by atoms with Gasteiger partial charge >= 0.3 is 11.9 Å². The molecule has 9 nitrogen and oxygen atoms in total. The second-order valence-electron chi connectivity index (χ2n) is 8.64. The molecule has 0 saturated carbocycles. The van der Waals surface area contributed by atoms with E-state index < -0.39 is 11.9 Å². The Kier molecular flexibility index (Phi) is 8.76. The lowest BCUT2D eigenvalue weighted by atomic mass is 9.91. The van der Waals surface area contributed by atoms with Crippen LogP contribution in [0.2, 0.25) is 0 Å². The topological polar surface area (TPSA) is 114 Å². The number of hydrogen-bond donors (Lipinski definition) is 2. The van der Waals surface area contributed by atoms with Crippen molar-refractivity contribution in [2.45, 2.75) is 32.6 Å². The van der Waals surface area contributed by atoms with Crippen LogP contribution in [0.4, 0.5) is 0 Å². The third-order valence-corrected chi connectivity index (χ3v) is 7.19. The predicted octanol–water partition coefficient (Wildman–Crippen LogP) is 1.90. The smallest absolute Gasteiger partial charge is 0.328 e. The second kappa shape index (κ2) is 11.5. The van der Waals surface area contributed by atoms with Crippen molar-refractivity contribution in [2.75, 3.05) is 46.3 Å². The van der Waals surface area contributed by atoms with Crippen molar-refractivity contribution in [1.29, 1.82) is 0 Å². The molecule has 10 heteroatoms. The molecule has 0 aromatic carbocycles. The van der Waals surface area contributed by atoms with Crippen LogP contribution in [0.15, 0.2) is 23.3 Å². The first-order valence-corrected chi connectivity index (χ1v) is 12.1. The summed E-state index contributed by atoms with van der Waals surface area (Å²) in [5, 5.41) is 22.2. The summed E-state index contributed by atoms with van der Waals surface area (Å²) in [6, 6.07) is 2.28. The number of carbonyl (C=O) groups is 3. The van der Waals surface area contributed by atoms with Gasteiger partial charge in [0.15, 0.2) is 0 Å². The van der Waals surface area contributed by atoms with Gasteiger partial charge in [0.05, 0.1) is 12.3 Å². The zero-order chi connectivity index (χ0) is 24.0. The quantitative estimate of drug-likeness (QED) is 0.624. The highest BCUT2D eigenvalue weighted by Crippen LogP contribution is 2.35. The zero-order valence-electron chi connectivity index (χ0n) is 19.2. The van der Waals surface area contributed by atoms with Crippen molar-refractivity contribution in [3.05, 3.63) is 33.5 Å². The average Bonchev–Trinajstić information content (AvgIpc) is 3.05. The number of carboxylic acid groups (broad SMARTS) is 2. The summed E-state index contributed by atoms with van der Waals surface area (Å²) in [7, 11) is 2.17. The van der Waals surface area contributed by atoms with Gasteiger partial charge in [-0.1, -0.05) is 0 Å². The fourth-order valence-corrected chi connectivity index (χ4v) is 5.38. The van der Waals surface area contributed by atoms with E-state index in [9.17, 15) is 14.4 Å². The molecule has 1 amide bonds. The summed E-state index contributed by atoms with van der Waals surface area (Å²) >= 11 is 1.90. The van der Waals surface area contributed by atoms with Gasteiger partial charge in [-0.25, -0.2) is 14.6 Å². The molecule has 0 radical (unpaired) electrons. The molecule has 0 spiro atoms. The van der Waals surface area contributed by atoms with Crippen LogP contribution in [-0.2, 0) is 20.8 Å². The van der Waals surface area contributed by atoms with Gasteiger partial charge in [-0.05, 0) is 39.3 Å². The Bertz CT molecular complexity index is 917. The van der Waals surface area contributed by atoms with E-state index >= 15 is 0 Å². The molecule has 2 aliphatic heterocycles. The second-order valence-corrected chi connectivity index (χ2v) is 9.98. The molecule has 2 N–H and O–H groups in total. The number of fused-ring (bicyclic) bond motifs is 3. The normalized spacial score (nSPS) is 21.5. The average molecular weight is 477 g/mol. The molecule has 1 aliphatic carbocycles.